The largest absolute Gasteiger partial charge is 0.359 e. The highest BCUT2D eigenvalue weighted by atomic mass is 127. The van der Waals surface area contributed by atoms with Gasteiger partial charge in [0.25, 0.3) is 0 Å². The van der Waals surface area contributed by atoms with Gasteiger partial charge in [-0.15, -0.1) is 24.0 Å². The molecule has 1 fully saturated rings. The van der Waals surface area contributed by atoms with Crippen LogP contribution in [0.15, 0.2) is 29.3 Å². The lowest BCUT2D eigenvalue weighted by Crippen LogP contribution is -2.39. The average Bonchev–Trinajstić information content (AvgIpc) is 3.12. The van der Waals surface area contributed by atoms with E-state index in [9.17, 15) is 4.39 Å². The van der Waals surface area contributed by atoms with Gasteiger partial charge in [0.1, 0.15) is 5.82 Å². The second-order valence-electron chi connectivity index (χ2n) is 4.47. The molecule has 18 heavy (non-hydrogen) atoms. The molecule has 0 spiro atoms. The summed E-state index contributed by atoms with van der Waals surface area (Å²) < 4.78 is 13.2. The van der Waals surface area contributed by atoms with Crippen molar-refractivity contribution >= 4 is 29.9 Å². The van der Waals surface area contributed by atoms with Gasteiger partial charge in [-0.2, -0.15) is 0 Å². The van der Waals surface area contributed by atoms with Gasteiger partial charge in [0, 0.05) is 26.1 Å². The number of nitrogens with one attached hydrogen (secondary N) is 2. The molecule has 1 aromatic rings. The van der Waals surface area contributed by atoms with E-state index >= 15 is 0 Å². The van der Waals surface area contributed by atoms with Crippen molar-refractivity contribution < 1.29 is 4.39 Å². The Hall–Kier alpha value is -0.850. The van der Waals surface area contributed by atoms with Crippen molar-refractivity contribution in [3.63, 3.8) is 0 Å². The van der Waals surface area contributed by atoms with Gasteiger partial charge >= 0.3 is 0 Å². The minimum Gasteiger partial charge on any atom is -0.359 e. The summed E-state index contributed by atoms with van der Waals surface area (Å²) in [7, 11) is 3.57. The van der Waals surface area contributed by atoms with Crippen LogP contribution in [0.25, 0.3) is 0 Å². The molecule has 0 radical (unpaired) electrons. The molecule has 0 bridgehead atoms. The number of halogens is 2. The molecule has 3 nitrogen and oxygen atoms in total. The van der Waals surface area contributed by atoms with Crippen LogP contribution in [0.5, 0.6) is 0 Å². The van der Waals surface area contributed by atoms with Crippen molar-refractivity contribution in [1.29, 1.82) is 0 Å². The minimum atomic E-state index is -0.160. The predicted octanol–water partition coefficient (Wildman–Crippen LogP) is 2.27. The third-order valence-corrected chi connectivity index (χ3v) is 3.35. The molecule has 0 amide bonds. The Morgan fingerprint density at radius 1 is 1.44 bits per heavy atom. The predicted molar refractivity (Wildman–Crippen MR) is 83.1 cm³/mol. The highest BCUT2D eigenvalue weighted by Gasteiger charge is 2.44. The first kappa shape index (κ1) is 15.2. The van der Waals surface area contributed by atoms with Crippen molar-refractivity contribution in [1.82, 2.24) is 10.6 Å². The maximum atomic E-state index is 13.2. The smallest absolute Gasteiger partial charge is 0.190 e. The Labute approximate surface area is 124 Å². The first-order valence-electron chi connectivity index (χ1n) is 5.85. The molecule has 5 heteroatoms. The number of benzene rings is 1. The molecule has 0 aliphatic heterocycles. The van der Waals surface area contributed by atoms with Crippen molar-refractivity contribution in [3.05, 3.63) is 35.6 Å². The van der Waals surface area contributed by atoms with Crippen LogP contribution in [0.3, 0.4) is 0 Å². The normalized spacial score (nSPS) is 16.7. The van der Waals surface area contributed by atoms with E-state index in [1.807, 2.05) is 13.1 Å². The number of rotatable bonds is 3. The molecule has 0 aromatic heterocycles. The Morgan fingerprint density at radius 3 is 2.67 bits per heavy atom. The van der Waals surface area contributed by atoms with Gasteiger partial charge in [-0.3, -0.25) is 4.99 Å². The maximum absolute atomic E-state index is 13.2. The van der Waals surface area contributed by atoms with Gasteiger partial charge in [0.15, 0.2) is 5.96 Å². The molecule has 1 aliphatic rings. The van der Waals surface area contributed by atoms with Gasteiger partial charge in [-0.25, -0.2) is 4.39 Å². The van der Waals surface area contributed by atoms with Crippen LogP contribution >= 0.6 is 24.0 Å². The quantitative estimate of drug-likeness (QED) is 0.491. The number of aliphatic imine (C=N–C) groups is 1. The number of guanidine groups is 1. The summed E-state index contributed by atoms with van der Waals surface area (Å²) in [4.78, 5) is 4.07. The van der Waals surface area contributed by atoms with Gasteiger partial charge in [-0.1, -0.05) is 12.1 Å². The lowest BCUT2D eigenvalue weighted by Gasteiger charge is -2.18. The highest BCUT2D eigenvalue weighted by Crippen LogP contribution is 2.47. The van der Waals surface area contributed by atoms with E-state index < -0.39 is 0 Å². The Balaban J connectivity index is 0.00000162. The molecule has 2 N–H and O–H groups in total. The third-order valence-electron chi connectivity index (χ3n) is 3.35. The zero-order valence-corrected chi connectivity index (χ0v) is 13.0. The molecule has 0 unspecified atom stereocenters. The molecular weight excluding hydrogens is 344 g/mol. The van der Waals surface area contributed by atoms with E-state index in [1.54, 1.807) is 19.2 Å². The minimum absolute atomic E-state index is 0. The standard InChI is InChI=1S/C13H18FN3.HI/c1-15-12(16-2)17-9-13(6-7-13)10-4-3-5-11(14)8-10;/h3-5,8H,6-7,9H2,1-2H3,(H2,15,16,17);1H. The maximum Gasteiger partial charge on any atom is 0.190 e. The van der Waals surface area contributed by atoms with Crippen molar-refractivity contribution in [2.24, 2.45) is 4.99 Å². The van der Waals surface area contributed by atoms with Crippen LogP contribution in [0.1, 0.15) is 18.4 Å². The molecule has 0 saturated heterocycles. The van der Waals surface area contributed by atoms with E-state index in [1.165, 1.54) is 6.07 Å². The Morgan fingerprint density at radius 2 is 2.17 bits per heavy atom. The second kappa shape index (κ2) is 6.36. The summed E-state index contributed by atoms with van der Waals surface area (Å²) in [6, 6.07) is 6.90. The lowest BCUT2D eigenvalue weighted by atomic mass is 9.96. The SMILES string of the molecule is CN=C(NC)NCC1(c2cccc(F)c2)CC1.I. The van der Waals surface area contributed by atoms with Crippen LogP contribution in [-0.2, 0) is 5.41 Å². The Bertz CT molecular complexity index is 430. The second-order valence-corrected chi connectivity index (χ2v) is 4.47. The topological polar surface area (TPSA) is 36.4 Å². The van der Waals surface area contributed by atoms with E-state index in [0.717, 1.165) is 30.9 Å². The fourth-order valence-corrected chi connectivity index (χ4v) is 2.07. The number of hydrogen-bond donors (Lipinski definition) is 2. The zero-order valence-electron chi connectivity index (χ0n) is 10.7. The lowest BCUT2D eigenvalue weighted by molar-refractivity contribution is 0.608. The van der Waals surface area contributed by atoms with Crippen molar-refractivity contribution in [2.45, 2.75) is 18.3 Å². The molecule has 2 rings (SSSR count). The van der Waals surface area contributed by atoms with Crippen LogP contribution in [0.4, 0.5) is 4.39 Å². The van der Waals surface area contributed by atoms with Gasteiger partial charge < -0.3 is 10.6 Å². The fraction of sp³-hybridized carbons (Fsp3) is 0.462. The van der Waals surface area contributed by atoms with E-state index in [4.69, 9.17) is 0 Å². The Kier molecular flexibility index (Phi) is 5.37. The summed E-state index contributed by atoms with van der Waals surface area (Å²) in [6.07, 6.45) is 2.20. The van der Waals surface area contributed by atoms with Gasteiger partial charge in [-0.05, 0) is 30.5 Å². The summed E-state index contributed by atoms with van der Waals surface area (Å²) >= 11 is 0. The summed E-state index contributed by atoms with van der Waals surface area (Å²) in [5.41, 5.74) is 1.17. The highest BCUT2D eigenvalue weighted by molar-refractivity contribution is 14.0. The molecule has 0 atom stereocenters. The fourth-order valence-electron chi connectivity index (χ4n) is 2.07. The molecule has 0 heterocycles. The molecule has 100 valence electrons. The molecule has 1 saturated carbocycles. The summed E-state index contributed by atoms with van der Waals surface area (Å²) in [5, 5.41) is 6.24. The summed E-state index contributed by atoms with van der Waals surface area (Å²) in [5.74, 6) is 0.611. The van der Waals surface area contributed by atoms with E-state index in [-0.39, 0.29) is 35.2 Å². The first-order valence-corrected chi connectivity index (χ1v) is 5.85. The number of nitrogens with zero attached hydrogens (tertiary/aromatic N) is 1. The van der Waals surface area contributed by atoms with Crippen LogP contribution in [0.2, 0.25) is 0 Å². The third kappa shape index (κ3) is 3.34. The molecule has 1 aliphatic carbocycles. The van der Waals surface area contributed by atoms with Gasteiger partial charge in [0.2, 0.25) is 0 Å². The number of hydrogen-bond acceptors (Lipinski definition) is 1. The monoisotopic (exact) mass is 363 g/mol. The van der Waals surface area contributed by atoms with E-state index in [2.05, 4.69) is 15.6 Å². The average molecular weight is 363 g/mol. The summed E-state index contributed by atoms with van der Waals surface area (Å²) in [6.45, 7) is 0.796. The van der Waals surface area contributed by atoms with Gasteiger partial charge in [0.05, 0.1) is 0 Å². The van der Waals surface area contributed by atoms with E-state index in [0.29, 0.717) is 0 Å². The van der Waals surface area contributed by atoms with Crippen molar-refractivity contribution in [2.75, 3.05) is 20.6 Å². The van der Waals surface area contributed by atoms with Crippen LogP contribution < -0.4 is 10.6 Å². The zero-order chi connectivity index (χ0) is 12.3. The van der Waals surface area contributed by atoms with Crippen LogP contribution in [0, 0.1) is 5.82 Å². The van der Waals surface area contributed by atoms with Crippen molar-refractivity contribution in [3.8, 4) is 0 Å². The first-order chi connectivity index (χ1) is 8.20. The molecule has 1 aromatic carbocycles. The molecular formula is C13H19FIN3. The van der Waals surface area contributed by atoms with Crippen LogP contribution in [-0.4, -0.2) is 26.6 Å².